The predicted molar refractivity (Wildman–Crippen MR) is 85.3 cm³/mol. The predicted octanol–water partition coefficient (Wildman–Crippen LogP) is 4.54. The van der Waals surface area contributed by atoms with Crippen molar-refractivity contribution in [1.29, 1.82) is 0 Å². The lowest BCUT2D eigenvalue weighted by Gasteiger charge is -2.26. The summed E-state index contributed by atoms with van der Waals surface area (Å²) >= 11 is 7.51. The summed E-state index contributed by atoms with van der Waals surface area (Å²) < 4.78 is 0. The molecule has 20 heavy (non-hydrogen) atoms. The number of hydrogen-bond donors (Lipinski definition) is 0. The van der Waals surface area contributed by atoms with Gasteiger partial charge < -0.3 is 4.90 Å². The molecule has 106 valence electrons. The highest BCUT2D eigenvalue weighted by Crippen LogP contribution is 2.18. The highest BCUT2D eigenvalue weighted by Gasteiger charge is 2.19. The molecule has 0 N–H and O–H groups in total. The second-order valence-corrected chi connectivity index (χ2v) is 6.24. The van der Waals surface area contributed by atoms with Gasteiger partial charge in [0.2, 0.25) is 0 Å². The van der Waals surface area contributed by atoms with Crippen LogP contribution in [0.5, 0.6) is 0 Å². The van der Waals surface area contributed by atoms with Crippen molar-refractivity contribution in [3.63, 3.8) is 0 Å². The third-order valence-corrected chi connectivity index (χ3v) is 4.29. The van der Waals surface area contributed by atoms with E-state index in [1.54, 1.807) is 11.3 Å². The van der Waals surface area contributed by atoms with Gasteiger partial charge in [-0.25, -0.2) is 0 Å². The topological polar surface area (TPSA) is 20.3 Å². The molecular formula is C16H18ClNOS. The molecule has 2 rings (SSSR count). The summed E-state index contributed by atoms with van der Waals surface area (Å²) in [6, 6.07) is 11.8. The number of alkyl halides is 1. The van der Waals surface area contributed by atoms with Crippen LogP contribution in [0.3, 0.4) is 0 Å². The van der Waals surface area contributed by atoms with Crippen LogP contribution < -0.4 is 0 Å². The van der Waals surface area contributed by atoms with Crippen molar-refractivity contribution in [1.82, 2.24) is 4.90 Å². The largest absolute Gasteiger partial charge is 0.331 e. The van der Waals surface area contributed by atoms with E-state index in [4.69, 9.17) is 11.6 Å². The molecular weight excluding hydrogens is 290 g/mol. The molecule has 2 aromatic rings. The van der Waals surface area contributed by atoms with Gasteiger partial charge in [-0.05, 0) is 43.0 Å². The Labute approximate surface area is 129 Å². The summed E-state index contributed by atoms with van der Waals surface area (Å²) in [6.45, 7) is 4.73. The minimum absolute atomic E-state index is 0.0559. The van der Waals surface area contributed by atoms with Gasteiger partial charge in [-0.15, -0.1) is 22.9 Å². The molecule has 2 nitrogen and oxygen atoms in total. The van der Waals surface area contributed by atoms with Crippen LogP contribution in [0.1, 0.15) is 34.6 Å². The van der Waals surface area contributed by atoms with Gasteiger partial charge >= 0.3 is 0 Å². The zero-order valence-corrected chi connectivity index (χ0v) is 13.2. The Balaban J connectivity index is 2.22. The van der Waals surface area contributed by atoms with Gasteiger partial charge in [0, 0.05) is 22.4 Å². The summed E-state index contributed by atoms with van der Waals surface area (Å²) in [4.78, 5) is 15.8. The molecule has 1 aromatic heterocycles. The van der Waals surface area contributed by atoms with Crippen LogP contribution in [-0.2, 0) is 12.4 Å². The van der Waals surface area contributed by atoms with E-state index in [9.17, 15) is 4.79 Å². The fourth-order valence-corrected chi connectivity index (χ4v) is 2.88. The van der Waals surface area contributed by atoms with E-state index in [1.165, 1.54) is 4.88 Å². The molecule has 0 aliphatic heterocycles. The number of carbonyl (C=O) groups excluding carboxylic acids is 1. The lowest BCUT2D eigenvalue weighted by Crippen LogP contribution is -2.36. The van der Waals surface area contributed by atoms with Crippen LogP contribution in [0.4, 0.5) is 0 Å². The van der Waals surface area contributed by atoms with E-state index in [1.807, 2.05) is 54.5 Å². The molecule has 0 radical (unpaired) electrons. The SMILES string of the molecule is CC(C)N(Cc1cccs1)C(=O)c1cccc(CCl)c1. The Morgan fingerprint density at radius 3 is 2.70 bits per heavy atom. The zero-order valence-electron chi connectivity index (χ0n) is 11.7. The van der Waals surface area contributed by atoms with Crippen LogP contribution in [0.15, 0.2) is 41.8 Å². The van der Waals surface area contributed by atoms with Crippen molar-refractivity contribution < 1.29 is 4.79 Å². The molecule has 0 bridgehead atoms. The molecule has 0 saturated heterocycles. The smallest absolute Gasteiger partial charge is 0.254 e. The van der Waals surface area contributed by atoms with Crippen LogP contribution in [-0.4, -0.2) is 16.8 Å². The summed E-state index contributed by atoms with van der Waals surface area (Å²) in [6.07, 6.45) is 0. The second-order valence-electron chi connectivity index (χ2n) is 4.94. The minimum atomic E-state index is 0.0559. The summed E-state index contributed by atoms with van der Waals surface area (Å²) in [5.41, 5.74) is 1.67. The number of amides is 1. The Hall–Kier alpha value is -1.32. The third kappa shape index (κ3) is 3.62. The maximum absolute atomic E-state index is 12.7. The average molecular weight is 308 g/mol. The summed E-state index contributed by atoms with van der Waals surface area (Å²) in [5.74, 6) is 0.480. The molecule has 0 unspecified atom stereocenters. The fraction of sp³-hybridized carbons (Fsp3) is 0.312. The first-order chi connectivity index (χ1) is 9.61. The van der Waals surface area contributed by atoms with Crippen molar-refractivity contribution in [2.75, 3.05) is 0 Å². The quantitative estimate of drug-likeness (QED) is 0.743. The van der Waals surface area contributed by atoms with Crippen molar-refractivity contribution in [3.05, 3.63) is 57.8 Å². The van der Waals surface area contributed by atoms with Crippen molar-refractivity contribution in [2.24, 2.45) is 0 Å². The standard InChI is InChI=1S/C16H18ClNOS/c1-12(2)18(11-15-7-4-8-20-15)16(19)14-6-3-5-13(9-14)10-17/h3-9,12H,10-11H2,1-2H3. The normalized spacial score (nSPS) is 10.8. The lowest BCUT2D eigenvalue weighted by molar-refractivity contribution is 0.0692. The Morgan fingerprint density at radius 2 is 2.10 bits per heavy atom. The van der Waals surface area contributed by atoms with Gasteiger partial charge in [0.15, 0.2) is 0 Å². The molecule has 1 amide bonds. The molecule has 4 heteroatoms. The second kappa shape index (κ2) is 6.91. The first-order valence-electron chi connectivity index (χ1n) is 6.60. The number of carbonyl (C=O) groups is 1. The molecule has 0 fully saturated rings. The molecule has 0 aliphatic carbocycles. The van der Waals surface area contributed by atoms with Gasteiger partial charge in [-0.2, -0.15) is 0 Å². The Bertz CT molecular complexity index is 566. The highest BCUT2D eigenvalue weighted by atomic mass is 35.5. The van der Waals surface area contributed by atoms with Gasteiger partial charge in [0.25, 0.3) is 5.91 Å². The molecule has 1 aromatic carbocycles. The van der Waals surface area contributed by atoms with E-state index in [2.05, 4.69) is 6.07 Å². The van der Waals surface area contributed by atoms with Crippen LogP contribution in [0.2, 0.25) is 0 Å². The first kappa shape index (κ1) is 15.1. The number of benzene rings is 1. The van der Waals surface area contributed by atoms with Crippen molar-refractivity contribution in [2.45, 2.75) is 32.3 Å². The van der Waals surface area contributed by atoms with Gasteiger partial charge in [-0.3, -0.25) is 4.79 Å². The van der Waals surface area contributed by atoms with Gasteiger partial charge in [0.1, 0.15) is 0 Å². The Morgan fingerprint density at radius 1 is 1.30 bits per heavy atom. The van der Waals surface area contributed by atoms with E-state index in [-0.39, 0.29) is 11.9 Å². The minimum Gasteiger partial charge on any atom is -0.331 e. The third-order valence-electron chi connectivity index (χ3n) is 3.12. The van der Waals surface area contributed by atoms with Gasteiger partial charge in [-0.1, -0.05) is 18.2 Å². The number of hydrogen-bond acceptors (Lipinski definition) is 2. The Kier molecular flexibility index (Phi) is 5.21. The van der Waals surface area contributed by atoms with E-state index in [0.717, 1.165) is 5.56 Å². The summed E-state index contributed by atoms with van der Waals surface area (Å²) in [5, 5.41) is 2.03. The van der Waals surface area contributed by atoms with Crippen LogP contribution in [0.25, 0.3) is 0 Å². The summed E-state index contributed by atoms with van der Waals surface area (Å²) in [7, 11) is 0. The molecule has 1 heterocycles. The van der Waals surface area contributed by atoms with E-state index >= 15 is 0 Å². The lowest BCUT2D eigenvalue weighted by atomic mass is 10.1. The van der Waals surface area contributed by atoms with Crippen LogP contribution in [0, 0.1) is 0 Å². The molecule has 0 saturated carbocycles. The highest BCUT2D eigenvalue weighted by molar-refractivity contribution is 7.09. The van der Waals surface area contributed by atoms with E-state index in [0.29, 0.717) is 18.0 Å². The fourth-order valence-electron chi connectivity index (χ4n) is 2.01. The zero-order chi connectivity index (χ0) is 14.5. The molecule has 0 atom stereocenters. The number of nitrogens with zero attached hydrogens (tertiary/aromatic N) is 1. The maximum Gasteiger partial charge on any atom is 0.254 e. The molecule has 0 spiro atoms. The van der Waals surface area contributed by atoms with Gasteiger partial charge in [0.05, 0.1) is 6.54 Å². The van der Waals surface area contributed by atoms with E-state index < -0.39 is 0 Å². The number of rotatable bonds is 5. The van der Waals surface area contributed by atoms with Crippen LogP contribution >= 0.6 is 22.9 Å². The van der Waals surface area contributed by atoms with Crippen molar-refractivity contribution in [3.8, 4) is 0 Å². The number of halogens is 1. The average Bonchev–Trinajstić information content (AvgIpc) is 2.97. The monoisotopic (exact) mass is 307 g/mol. The number of thiophene rings is 1. The molecule has 0 aliphatic rings. The first-order valence-corrected chi connectivity index (χ1v) is 8.01. The van der Waals surface area contributed by atoms with Crippen molar-refractivity contribution >= 4 is 28.8 Å². The maximum atomic E-state index is 12.7.